The lowest BCUT2D eigenvalue weighted by Gasteiger charge is -2.31. The lowest BCUT2D eigenvalue weighted by atomic mass is 9.98. The third kappa shape index (κ3) is 4.16. The molecule has 7 heteroatoms. The molecule has 0 radical (unpaired) electrons. The Morgan fingerprint density at radius 1 is 1.17 bits per heavy atom. The van der Waals surface area contributed by atoms with E-state index in [2.05, 4.69) is 4.98 Å². The molecule has 0 aliphatic carbocycles. The SMILES string of the molecule is FC(F)(F)c1cnc(N2CCC(COc3ccccc3)CC2)s1. The molecule has 1 aliphatic heterocycles. The average Bonchev–Trinajstić information content (AvgIpc) is 3.05. The second kappa shape index (κ2) is 6.78. The van der Waals surface area contributed by atoms with E-state index in [1.165, 1.54) is 0 Å². The van der Waals surface area contributed by atoms with Gasteiger partial charge in [0.25, 0.3) is 0 Å². The summed E-state index contributed by atoms with van der Waals surface area (Å²) in [4.78, 5) is 5.21. The van der Waals surface area contributed by atoms with Gasteiger partial charge in [-0.1, -0.05) is 29.5 Å². The molecule has 0 saturated carbocycles. The number of para-hydroxylation sites is 1. The summed E-state index contributed by atoms with van der Waals surface area (Å²) >= 11 is 0.716. The molecule has 3 rings (SSSR count). The van der Waals surface area contributed by atoms with E-state index in [1.54, 1.807) is 0 Å². The molecule has 3 nitrogen and oxygen atoms in total. The smallest absolute Gasteiger partial charge is 0.427 e. The number of piperidine rings is 1. The fraction of sp³-hybridized carbons (Fsp3) is 0.438. The summed E-state index contributed by atoms with van der Waals surface area (Å²) in [5.41, 5.74) is 0. The number of aromatic nitrogens is 1. The van der Waals surface area contributed by atoms with E-state index in [0.29, 0.717) is 42.1 Å². The van der Waals surface area contributed by atoms with Crippen molar-refractivity contribution < 1.29 is 17.9 Å². The van der Waals surface area contributed by atoms with E-state index >= 15 is 0 Å². The van der Waals surface area contributed by atoms with Gasteiger partial charge in [0.2, 0.25) is 0 Å². The van der Waals surface area contributed by atoms with Crippen LogP contribution in [0.5, 0.6) is 5.75 Å². The van der Waals surface area contributed by atoms with Gasteiger partial charge in [-0.15, -0.1) is 0 Å². The van der Waals surface area contributed by atoms with Crippen molar-refractivity contribution >= 4 is 16.5 Å². The number of benzene rings is 1. The number of thiazole rings is 1. The first-order valence-electron chi connectivity index (χ1n) is 7.48. The number of hydrogen-bond donors (Lipinski definition) is 0. The molecule has 0 spiro atoms. The first-order valence-corrected chi connectivity index (χ1v) is 8.30. The third-order valence-electron chi connectivity index (χ3n) is 3.89. The molecule has 0 amide bonds. The van der Waals surface area contributed by atoms with Gasteiger partial charge < -0.3 is 9.64 Å². The molecule has 1 fully saturated rings. The van der Waals surface area contributed by atoms with Crippen molar-refractivity contribution in [1.82, 2.24) is 4.98 Å². The van der Waals surface area contributed by atoms with E-state index in [1.807, 2.05) is 35.2 Å². The summed E-state index contributed by atoms with van der Waals surface area (Å²) in [6, 6.07) is 9.64. The van der Waals surface area contributed by atoms with Crippen LogP contribution in [0.1, 0.15) is 17.7 Å². The van der Waals surface area contributed by atoms with Crippen LogP contribution in [0, 0.1) is 5.92 Å². The predicted octanol–water partition coefficient (Wildman–Crippen LogP) is 4.46. The third-order valence-corrected chi connectivity index (χ3v) is 4.99. The highest BCUT2D eigenvalue weighted by molar-refractivity contribution is 7.15. The standard InChI is InChI=1S/C16H17F3N2OS/c17-16(18,19)14-10-20-15(23-14)21-8-6-12(7-9-21)11-22-13-4-2-1-3-5-13/h1-5,10,12H,6-9,11H2. The molecule has 2 aromatic rings. The van der Waals surface area contributed by atoms with Crippen LogP contribution >= 0.6 is 11.3 Å². The summed E-state index contributed by atoms with van der Waals surface area (Å²) in [5.74, 6) is 1.28. The Morgan fingerprint density at radius 3 is 2.48 bits per heavy atom. The maximum atomic E-state index is 12.6. The van der Waals surface area contributed by atoms with Gasteiger partial charge >= 0.3 is 6.18 Å². The Bertz CT molecular complexity index is 622. The Hall–Kier alpha value is -1.76. The number of ether oxygens (including phenoxy) is 1. The molecule has 0 unspecified atom stereocenters. The molecule has 0 atom stereocenters. The van der Waals surface area contributed by atoms with Crippen LogP contribution < -0.4 is 9.64 Å². The number of hydrogen-bond acceptors (Lipinski definition) is 4. The Morgan fingerprint density at radius 2 is 1.87 bits per heavy atom. The van der Waals surface area contributed by atoms with Gasteiger partial charge in [0, 0.05) is 13.1 Å². The van der Waals surface area contributed by atoms with E-state index < -0.39 is 11.1 Å². The minimum Gasteiger partial charge on any atom is -0.493 e. The zero-order valence-corrected chi connectivity index (χ0v) is 13.2. The number of anilines is 1. The monoisotopic (exact) mass is 342 g/mol. The van der Waals surface area contributed by atoms with Crippen molar-refractivity contribution in [1.29, 1.82) is 0 Å². The molecule has 2 heterocycles. The van der Waals surface area contributed by atoms with Crippen molar-refractivity contribution in [3.8, 4) is 5.75 Å². The van der Waals surface area contributed by atoms with Crippen molar-refractivity contribution in [2.45, 2.75) is 19.0 Å². The second-order valence-corrected chi connectivity index (χ2v) is 6.57. The molecular formula is C16H17F3N2OS. The van der Waals surface area contributed by atoms with Crippen LogP contribution in [0.25, 0.3) is 0 Å². The fourth-order valence-corrected chi connectivity index (χ4v) is 3.40. The van der Waals surface area contributed by atoms with Gasteiger partial charge in [0.1, 0.15) is 10.6 Å². The topological polar surface area (TPSA) is 25.4 Å². The van der Waals surface area contributed by atoms with E-state index in [-0.39, 0.29) is 0 Å². The average molecular weight is 342 g/mol. The Balaban J connectivity index is 1.49. The zero-order chi connectivity index (χ0) is 16.3. The highest BCUT2D eigenvalue weighted by Crippen LogP contribution is 2.37. The van der Waals surface area contributed by atoms with Crippen LogP contribution in [0.3, 0.4) is 0 Å². The number of nitrogens with zero attached hydrogens (tertiary/aromatic N) is 2. The first-order chi connectivity index (χ1) is 11.0. The molecule has 1 aromatic carbocycles. The van der Waals surface area contributed by atoms with Crippen LogP contribution in [0.15, 0.2) is 36.5 Å². The number of alkyl halides is 3. The first kappa shape index (κ1) is 16.1. The van der Waals surface area contributed by atoms with Crippen LogP contribution in [0.4, 0.5) is 18.3 Å². The molecule has 124 valence electrons. The van der Waals surface area contributed by atoms with Crippen LogP contribution in [-0.2, 0) is 6.18 Å². The van der Waals surface area contributed by atoms with Crippen molar-refractivity contribution in [2.75, 3.05) is 24.6 Å². The van der Waals surface area contributed by atoms with E-state index in [9.17, 15) is 13.2 Å². The van der Waals surface area contributed by atoms with Crippen molar-refractivity contribution in [2.24, 2.45) is 5.92 Å². The zero-order valence-electron chi connectivity index (χ0n) is 12.4. The minimum atomic E-state index is -4.31. The summed E-state index contributed by atoms with van der Waals surface area (Å²) in [6.45, 7) is 2.07. The maximum Gasteiger partial charge on any atom is 0.427 e. The van der Waals surface area contributed by atoms with Crippen LogP contribution in [0.2, 0.25) is 0 Å². The van der Waals surface area contributed by atoms with E-state index in [4.69, 9.17) is 4.74 Å². The van der Waals surface area contributed by atoms with Crippen molar-refractivity contribution in [3.63, 3.8) is 0 Å². The number of rotatable bonds is 4. The summed E-state index contributed by atoms with van der Waals surface area (Å²) in [5, 5.41) is 0.458. The maximum absolute atomic E-state index is 12.6. The Labute approximate surface area is 136 Å². The summed E-state index contributed by atoms with van der Waals surface area (Å²) in [6.07, 6.45) is -1.59. The highest BCUT2D eigenvalue weighted by atomic mass is 32.1. The van der Waals surface area contributed by atoms with E-state index in [0.717, 1.165) is 24.8 Å². The van der Waals surface area contributed by atoms with Crippen molar-refractivity contribution in [3.05, 3.63) is 41.4 Å². The number of halogens is 3. The van der Waals surface area contributed by atoms with Gasteiger partial charge in [-0.2, -0.15) is 13.2 Å². The molecule has 1 aliphatic rings. The predicted molar refractivity (Wildman–Crippen MR) is 84.0 cm³/mol. The Kier molecular flexibility index (Phi) is 4.75. The van der Waals surface area contributed by atoms with Gasteiger partial charge in [0.15, 0.2) is 5.13 Å². The summed E-state index contributed by atoms with van der Waals surface area (Å²) in [7, 11) is 0. The molecular weight excluding hydrogens is 325 g/mol. The quantitative estimate of drug-likeness (QED) is 0.820. The van der Waals surface area contributed by atoms with Gasteiger partial charge in [-0.3, -0.25) is 0 Å². The minimum absolute atomic E-state index is 0.425. The van der Waals surface area contributed by atoms with Gasteiger partial charge in [-0.25, -0.2) is 4.98 Å². The molecule has 1 aromatic heterocycles. The van der Waals surface area contributed by atoms with Gasteiger partial charge in [-0.05, 0) is 30.9 Å². The van der Waals surface area contributed by atoms with Crippen LogP contribution in [-0.4, -0.2) is 24.7 Å². The largest absolute Gasteiger partial charge is 0.493 e. The molecule has 1 saturated heterocycles. The lowest BCUT2D eigenvalue weighted by Crippen LogP contribution is -2.35. The van der Waals surface area contributed by atoms with Gasteiger partial charge in [0.05, 0.1) is 12.8 Å². The second-order valence-electron chi connectivity index (χ2n) is 5.56. The lowest BCUT2D eigenvalue weighted by molar-refractivity contribution is -0.134. The normalized spacial score (nSPS) is 16.6. The highest BCUT2D eigenvalue weighted by Gasteiger charge is 2.34. The summed E-state index contributed by atoms with van der Waals surface area (Å²) < 4.78 is 43.6. The molecule has 0 bridgehead atoms. The molecule has 0 N–H and O–H groups in total. The molecule has 23 heavy (non-hydrogen) atoms. The fourth-order valence-electron chi connectivity index (χ4n) is 2.56.